The van der Waals surface area contributed by atoms with Crippen molar-refractivity contribution in [2.24, 2.45) is 0 Å². The Balaban J connectivity index is 4.79. The summed E-state index contributed by atoms with van der Waals surface area (Å²) in [6.07, 6.45) is -0.262. The topological polar surface area (TPSA) is 81.7 Å². The minimum atomic E-state index is -1.38. The minimum absolute atomic E-state index is 0.176. The van der Waals surface area contributed by atoms with E-state index in [0.717, 1.165) is 0 Å². The molecule has 0 radical (unpaired) electrons. The minimum Gasteiger partial charge on any atom is -0.469 e. The monoisotopic (exact) mass is 231 g/mol. The molecule has 16 heavy (non-hydrogen) atoms. The number of nitrogens with one attached hydrogen (secondary N) is 1. The van der Waals surface area contributed by atoms with E-state index in [1.165, 1.54) is 21.0 Å². The van der Waals surface area contributed by atoms with Crippen LogP contribution >= 0.6 is 0 Å². The van der Waals surface area contributed by atoms with E-state index < -0.39 is 23.4 Å². The van der Waals surface area contributed by atoms with E-state index in [1.54, 1.807) is 6.92 Å². The lowest BCUT2D eigenvalue weighted by molar-refractivity contribution is -0.157. The maximum absolute atomic E-state index is 11.6. The third kappa shape index (κ3) is 4.29. The van der Waals surface area contributed by atoms with Gasteiger partial charge in [-0.15, -0.1) is 0 Å². The fourth-order valence-electron chi connectivity index (χ4n) is 1.21. The highest BCUT2D eigenvalue weighted by Gasteiger charge is 2.38. The molecular weight excluding hydrogens is 214 g/mol. The number of rotatable bonds is 5. The standard InChI is InChI=1S/C10H17NO5/c1-5-16-9(14)10(3,11-7(2)12)6-8(13)15-4/h5-6H2,1-4H3,(H,11,12)/t10-/m1/s1. The van der Waals surface area contributed by atoms with Gasteiger partial charge in [-0.25, -0.2) is 4.79 Å². The number of esters is 2. The maximum atomic E-state index is 11.6. The van der Waals surface area contributed by atoms with Crippen LogP contribution in [-0.2, 0) is 23.9 Å². The highest BCUT2D eigenvalue weighted by Crippen LogP contribution is 2.13. The molecule has 0 fully saturated rings. The number of methoxy groups -OCH3 is 1. The van der Waals surface area contributed by atoms with Crippen molar-refractivity contribution in [1.82, 2.24) is 5.32 Å². The van der Waals surface area contributed by atoms with Crippen LogP contribution in [0, 0.1) is 0 Å². The number of hydrogen-bond acceptors (Lipinski definition) is 5. The Hall–Kier alpha value is -1.59. The largest absolute Gasteiger partial charge is 0.469 e. The van der Waals surface area contributed by atoms with Crippen LogP contribution in [0.2, 0.25) is 0 Å². The summed E-state index contributed by atoms with van der Waals surface area (Å²) in [4.78, 5) is 33.7. The van der Waals surface area contributed by atoms with Gasteiger partial charge < -0.3 is 14.8 Å². The second-order valence-electron chi connectivity index (χ2n) is 3.49. The predicted molar refractivity (Wildman–Crippen MR) is 55.5 cm³/mol. The lowest BCUT2D eigenvalue weighted by Crippen LogP contribution is -2.53. The third-order valence-electron chi connectivity index (χ3n) is 1.90. The van der Waals surface area contributed by atoms with E-state index >= 15 is 0 Å². The quantitative estimate of drug-likeness (QED) is 0.674. The zero-order valence-electron chi connectivity index (χ0n) is 9.96. The summed E-state index contributed by atoms with van der Waals surface area (Å²) in [5, 5.41) is 2.39. The summed E-state index contributed by atoms with van der Waals surface area (Å²) in [7, 11) is 1.21. The van der Waals surface area contributed by atoms with Gasteiger partial charge in [0.15, 0.2) is 0 Å². The highest BCUT2D eigenvalue weighted by atomic mass is 16.5. The summed E-state index contributed by atoms with van der Waals surface area (Å²) in [6, 6.07) is 0. The van der Waals surface area contributed by atoms with Gasteiger partial charge in [0.1, 0.15) is 5.54 Å². The molecule has 0 heterocycles. The second-order valence-corrected chi connectivity index (χ2v) is 3.49. The molecule has 6 heteroatoms. The van der Waals surface area contributed by atoms with Crippen LogP contribution in [0.25, 0.3) is 0 Å². The molecule has 0 spiro atoms. The first-order valence-corrected chi connectivity index (χ1v) is 4.88. The molecule has 1 amide bonds. The summed E-state index contributed by atoms with van der Waals surface area (Å²) >= 11 is 0. The van der Waals surface area contributed by atoms with Gasteiger partial charge >= 0.3 is 11.9 Å². The molecule has 0 aliphatic rings. The van der Waals surface area contributed by atoms with E-state index in [1.807, 2.05) is 0 Å². The Labute approximate surface area is 94.3 Å². The number of hydrogen-bond donors (Lipinski definition) is 1. The van der Waals surface area contributed by atoms with Crippen molar-refractivity contribution in [2.45, 2.75) is 32.7 Å². The van der Waals surface area contributed by atoms with Gasteiger partial charge in [0, 0.05) is 6.92 Å². The van der Waals surface area contributed by atoms with E-state index in [9.17, 15) is 14.4 Å². The SMILES string of the molecule is CCOC(=O)[C@@](C)(CC(=O)OC)NC(C)=O. The van der Waals surface area contributed by atoms with Crippen molar-refractivity contribution < 1.29 is 23.9 Å². The first-order valence-electron chi connectivity index (χ1n) is 4.88. The van der Waals surface area contributed by atoms with Crippen LogP contribution in [-0.4, -0.2) is 37.1 Å². The molecule has 0 unspecified atom stereocenters. The molecule has 0 aromatic rings. The van der Waals surface area contributed by atoms with Crippen LogP contribution in [0.5, 0.6) is 0 Å². The summed E-state index contributed by atoms with van der Waals surface area (Å²) in [5.74, 6) is -1.67. The van der Waals surface area contributed by atoms with Crippen molar-refractivity contribution >= 4 is 17.8 Å². The Morgan fingerprint density at radius 3 is 2.25 bits per heavy atom. The lowest BCUT2D eigenvalue weighted by atomic mass is 9.98. The Bertz CT molecular complexity index is 289. The van der Waals surface area contributed by atoms with Gasteiger partial charge in [0.25, 0.3) is 0 Å². The van der Waals surface area contributed by atoms with E-state index in [0.29, 0.717) is 0 Å². The number of carbonyl (C=O) groups excluding carboxylic acids is 3. The molecule has 0 saturated heterocycles. The Morgan fingerprint density at radius 1 is 1.31 bits per heavy atom. The normalized spacial score (nSPS) is 13.5. The molecule has 6 nitrogen and oxygen atoms in total. The summed E-state index contributed by atoms with van der Waals surface area (Å²) in [5.41, 5.74) is -1.38. The number of amides is 1. The molecule has 0 saturated carbocycles. The molecule has 1 N–H and O–H groups in total. The molecular formula is C10H17NO5. The third-order valence-corrected chi connectivity index (χ3v) is 1.90. The van der Waals surface area contributed by atoms with Crippen molar-refractivity contribution in [2.75, 3.05) is 13.7 Å². The van der Waals surface area contributed by atoms with Gasteiger partial charge in [-0.2, -0.15) is 0 Å². The lowest BCUT2D eigenvalue weighted by Gasteiger charge is -2.26. The molecule has 0 rings (SSSR count). The van der Waals surface area contributed by atoms with Crippen molar-refractivity contribution in [3.05, 3.63) is 0 Å². The van der Waals surface area contributed by atoms with Gasteiger partial charge in [-0.3, -0.25) is 9.59 Å². The van der Waals surface area contributed by atoms with E-state index in [4.69, 9.17) is 4.74 Å². The molecule has 0 aliphatic carbocycles. The van der Waals surface area contributed by atoms with Gasteiger partial charge in [-0.05, 0) is 13.8 Å². The number of carbonyl (C=O) groups is 3. The highest BCUT2D eigenvalue weighted by molar-refractivity contribution is 5.90. The Kier molecular flexibility index (Phi) is 5.49. The van der Waals surface area contributed by atoms with Gasteiger partial charge in [0.05, 0.1) is 20.1 Å². The second kappa shape index (κ2) is 6.09. The molecule has 92 valence electrons. The maximum Gasteiger partial charge on any atom is 0.332 e. The molecule has 0 aromatic carbocycles. The number of ether oxygens (including phenoxy) is 2. The zero-order chi connectivity index (χ0) is 12.8. The van der Waals surface area contributed by atoms with Crippen molar-refractivity contribution in [1.29, 1.82) is 0 Å². The zero-order valence-corrected chi connectivity index (χ0v) is 9.96. The summed E-state index contributed by atoms with van der Waals surface area (Å²) in [6.45, 7) is 4.50. The van der Waals surface area contributed by atoms with E-state index in [-0.39, 0.29) is 13.0 Å². The average molecular weight is 231 g/mol. The van der Waals surface area contributed by atoms with Crippen LogP contribution in [0.3, 0.4) is 0 Å². The van der Waals surface area contributed by atoms with Crippen molar-refractivity contribution in [3.63, 3.8) is 0 Å². The van der Waals surface area contributed by atoms with Gasteiger partial charge in [0.2, 0.25) is 5.91 Å². The fourth-order valence-corrected chi connectivity index (χ4v) is 1.21. The molecule has 1 atom stereocenters. The summed E-state index contributed by atoms with van der Waals surface area (Å²) < 4.78 is 9.25. The van der Waals surface area contributed by atoms with Crippen LogP contribution in [0.1, 0.15) is 27.2 Å². The van der Waals surface area contributed by atoms with E-state index in [2.05, 4.69) is 10.1 Å². The van der Waals surface area contributed by atoms with Crippen molar-refractivity contribution in [3.8, 4) is 0 Å². The van der Waals surface area contributed by atoms with Crippen LogP contribution < -0.4 is 5.32 Å². The molecule has 0 bridgehead atoms. The first kappa shape index (κ1) is 14.4. The smallest absolute Gasteiger partial charge is 0.332 e. The molecule has 0 aromatic heterocycles. The Morgan fingerprint density at radius 2 is 1.88 bits per heavy atom. The molecule has 0 aliphatic heterocycles. The van der Waals surface area contributed by atoms with Gasteiger partial charge in [-0.1, -0.05) is 0 Å². The van der Waals surface area contributed by atoms with Crippen LogP contribution in [0.4, 0.5) is 0 Å². The predicted octanol–water partition coefficient (Wildman–Crippen LogP) is 0.00740. The fraction of sp³-hybridized carbons (Fsp3) is 0.700. The first-order chi connectivity index (χ1) is 7.35. The average Bonchev–Trinajstić information content (AvgIpc) is 2.16. The van der Waals surface area contributed by atoms with Crippen LogP contribution in [0.15, 0.2) is 0 Å².